The molecule has 1 heterocycles. The minimum atomic E-state index is -3.55. The molecule has 0 saturated heterocycles. The van der Waals surface area contributed by atoms with E-state index in [9.17, 15) is 18.0 Å². The van der Waals surface area contributed by atoms with Crippen LogP contribution >= 0.6 is 0 Å². The largest absolute Gasteiger partial charge is 0.465 e. The molecule has 0 atom stereocenters. The highest BCUT2D eigenvalue weighted by Gasteiger charge is 2.19. The van der Waals surface area contributed by atoms with E-state index in [1.807, 2.05) is 0 Å². The smallest absolute Gasteiger partial charge is 0.341 e. The van der Waals surface area contributed by atoms with Gasteiger partial charge in [0.2, 0.25) is 0 Å². The van der Waals surface area contributed by atoms with Crippen LogP contribution in [0.2, 0.25) is 0 Å². The Hall–Kier alpha value is -2.61. The Kier molecular flexibility index (Phi) is 5.75. The lowest BCUT2D eigenvalue weighted by atomic mass is 10.2. The van der Waals surface area contributed by atoms with Crippen LogP contribution in [0.1, 0.15) is 22.5 Å². The van der Waals surface area contributed by atoms with Crippen molar-refractivity contribution < 1.29 is 31.9 Å². The minimum absolute atomic E-state index is 0.140. The van der Waals surface area contributed by atoms with Gasteiger partial charge in [0.1, 0.15) is 12.2 Å². The molecule has 0 aliphatic rings. The lowest BCUT2D eigenvalue weighted by Crippen LogP contribution is -2.14. The molecule has 2 rings (SSSR count). The lowest BCUT2D eigenvalue weighted by Gasteiger charge is -2.06. The topological polar surface area (TPSA) is 99.9 Å². The number of carbonyl (C=O) groups excluding carboxylic acids is 2. The monoisotopic (exact) mass is 352 g/mol. The summed E-state index contributed by atoms with van der Waals surface area (Å²) in [7, 11) is -2.33. The zero-order chi connectivity index (χ0) is 17.6. The SMILES string of the molecule is COC(=O)c1ccoc1COC(=O)CCS(=O)(=O)c1ccccc1. The fourth-order valence-electron chi connectivity index (χ4n) is 1.93. The fraction of sp³-hybridized carbons (Fsp3) is 0.250. The van der Waals surface area contributed by atoms with Gasteiger partial charge in [0.05, 0.1) is 30.4 Å². The molecule has 0 radical (unpaired) electrons. The third-order valence-corrected chi connectivity index (χ3v) is 4.92. The molecule has 0 spiro atoms. The van der Waals surface area contributed by atoms with Gasteiger partial charge in [0.25, 0.3) is 0 Å². The van der Waals surface area contributed by atoms with E-state index in [0.717, 1.165) is 0 Å². The molecule has 24 heavy (non-hydrogen) atoms. The highest BCUT2D eigenvalue weighted by molar-refractivity contribution is 7.91. The molecule has 8 heteroatoms. The minimum Gasteiger partial charge on any atom is -0.465 e. The zero-order valence-corrected chi connectivity index (χ0v) is 13.7. The molecule has 1 aromatic heterocycles. The molecule has 0 bridgehead atoms. The number of esters is 2. The summed E-state index contributed by atoms with van der Waals surface area (Å²) in [5.74, 6) is -1.54. The lowest BCUT2D eigenvalue weighted by molar-refractivity contribution is -0.145. The van der Waals surface area contributed by atoms with Gasteiger partial charge in [-0.15, -0.1) is 0 Å². The van der Waals surface area contributed by atoms with E-state index in [2.05, 4.69) is 4.74 Å². The van der Waals surface area contributed by atoms with Gasteiger partial charge >= 0.3 is 11.9 Å². The molecule has 0 aliphatic carbocycles. The quantitative estimate of drug-likeness (QED) is 0.702. The van der Waals surface area contributed by atoms with E-state index in [1.165, 1.54) is 31.6 Å². The summed E-state index contributed by atoms with van der Waals surface area (Å²) in [4.78, 5) is 23.3. The summed E-state index contributed by atoms with van der Waals surface area (Å²) in [5.41, 5.74) is 0.155. The van der Waals surface area contributed by atoms with Crippen LogP contribution in [-0.4, -0.2) is 33.2 Å². The molecule has 0 amide bonds. The molecular formula is C16H16O7S. The molecule has 2 aromatic rings. The second-order valence-corrected chi connectivity index (χ2v) is 6.90. The van der Waals surface area contributed by atoms with Crippen LogP contribution < -0.4 is 0 Å². The highest BCUT2D eigenvalue weighted by atomic mass is 32.2. The van der Waals surface area contributed by atoms with Gasteiger partial charge < -0.3 is 13.9 Å². The summed E-state index contributed by atoms with van der Waals surface area (Å²) in [6.45, 7) is -0.276. The number of benzene rings is 1. The van der Waals surface area contributed by atoms with Crippen LogP contribution in [0, 0.1) is 0 Å². The van der Waals surface area contributed by atoms with E-state index >= 15 is 0 Å². The van der Waals surface area contributed by atoms with Crippen molar-refractivity contribution in [3.63, 3.8) is 0 Å². The summed E-state index contributed by atoms with van der Waals surface area (Å²) in [5, 5.41) is 0. The van der Waals surface area contributed by atoms with E-state index < -0.39 is 21.8 Å². The summed E-state index contributed by atoms with van der Waals surface area (Å²) >= 11 is 0. The van der Waals surface area contributed by atoms with Crippen molar-refractivity contribution >= 4 is 21.8 Å². The number of methoxy groups -OCH3 is 1. The first-order chi connectivity index (χ1) is 11.4. The van der Waals surface area contributed by atoms with Gasteiger partial charge in [-0.05, 0) is 18.2 Å². The summed E-state index contributed by atoms with van der Waals surface area (Å²) in [6.07, 6.45) is 0.973. The Morgan fingerprint density at radius 2 is 1.83 bits per heavy atom. The van der Waals surface area contributed by atoms with Gasteiger partial charge in [-0.3, -0.25) is 4.79 Å². The summed E-state index contributed by atoms with van der Waals surface area (Å²) < 4.78 is 38.7. The van der Waals surface area contributed by atoms with Crippen LogP contribution in [0.5, 0.6) is 0 Å². The Morgan fingerprint density at radius 3 is 2.50 bits per heavy atom. The zero-order valence-electron chi connectivity index (χ0n) is 12.9. The number of hydrogen-bond donors (Lipinski definition) is 0. The van der Waals surface area contributed by atoms with Crippen LogP contribution in [0.15, 0.2) is 52.0 Å². The third-order valence-electron chi connectivity index (χ3n) is 3.19. The standard InChI is InChI=1S/C16H16O7S/c1-21-16(18)13-7-9-22-14(13)11-23-15(17)8-10-24(19,20)12-5-3-2-4-6-12/h2-7,9H,8,10-11H2,1H3. The molecule has 128 valence electrons. The third kappa shape index (κ3) is 4.45. The average Bonchev–Trinajstić information content (AvgIpc) is 3.07. The van der Waals surface area contributed by atoms with Crippen molar-refractivity contribution in [2.45, 2.75) is 17.9 Å². The molecule has 0 N–H and O–H groups in total. The predicted molar refractivity (Wildman–Crippen MR) is 83.0 cm³/mol. The first kappa shape index (κ1) is 17.7. The Balaban J connectivity index is 1.89. The van der Waals surface area contributed by atoms with Crippen LogP contribution in [0.4, 0.5) is 0 Å². The number of furan rings is 1. The molecule has 1 aromatic carbocycles. The van der Waals surface area contributed by atoms with Crippen molar-refractivity contribution in [1.29, 1.82) is 0 Å². The number of sulfone groups is 1. The van der Waals surface area contributed by atoms with E-state index in [-0.39, 0.29) is 35.0 Å². The van der Waals surface area contributed by atoms with E-state index in [1.54, 1.807) is 18.2 Å². The van der Waals surface area contributed by atoms with Gasteiger partial charge in [-0.25, -0.2) is 13.2 Å². The normalized spacial score (nSPS) is 11.0. The fourth-order valence-corrected chi connectivity index (χ4v) is 3.17. The Bertz CT molecular complexity index is 806. The van der Waals surface area contributed by atoms with Gasteiger partial charge in [-0.2, -0.15) is 0 Å². The summed E-state index contributed by atoms with van der Waals surface area (Å²) in [6, 6.07) is 9.25. The number of ether oxygens (including phenoxy) is 2. The molecule has 7 nitrogen and oxygen atoms in total. The molecular weight excluding hydrogens is 336 g/mol. The van der Waals surface area contributed by atoms with Gasteiger partial charge in [0.15, 0.2) is 15.6 Å². The van der Waals surface area contributed by atoms with Crippen molar-refractivity contribution in [3.8, 4) is 0 Å². The maximum absolute atomic E-state index is 12.1. The second kappa shape index (κ2) is 7.78. The maximum atomic E-state index is 12.1. The Labute approximate surface area is 139 Å². The van der Waals surface area contributed by atoms with Gasteiger partial charge in [0, 0.05) is 0 Å². The Morgan fingerprint density at radius 1 is 1.12 bits per heavy atom. The van der Waals surface area contributed by atoms with Crippen molar-refractivity contribution in [3.05, 3.63) is 54.0 Å². The highest BCUT2D eigenvalue weighted by Crippen LogP contribution is 2.14. The molecule has 0 saturated carbocycles. The maximum Gasteiger partial charge on any atom is 0.341 e. The number of hydrogen-bond acceptors (Lipinski definition) is 7. The average molecular weight is 352 g/mol. The van der Waals surface area contributed by atoms with E-state index in [4.69, 9.17) is 9.15 Å². The van der Waals surface area contributed by atoms with Crippen LogP contribution in [-0.2, 0) is 30.7 Å². The molecule has 0 aliphatic heterocycles. The first-order valence-electron chi connectivity index (χ1n) is 7.02. The molecule has 0 fully saturated rings. The predicted octanol–water partition coefficient (Wildman–Crippen LogP) is 1.97. The van der Waals surface area contributed by atoms with Crippen LogP contribution in [0.3, 0.4) is 0 Å². The number of rotatable bonds is 7. The first-order valence-corrected chi connectivity index (χ1v) is 8.67. The van der Waals surface area contributed by atoms with Gasteiger partial charge in [-0.1, -0.05) is 18.2 Å². The van der Waals surface area contributed by atoms with Crippen molar-refractivity contribution in [2.75, 3.05) is 12.9 Å². The van der Waals surface area contributed by atoms with E-state index in [0.29, 0.717) is 0 Å². The van der Waals surface area contributed by atoms with Crippen LogP contribution in [0.25, 0.3) is 0 Å². The van der Waals surface area contributed by atoms with Crippen molar-refractivity contribution in [2.24, 2.45) is 0 Å². The second-order valence-electron chi connectivity index (χ2n) is 4.79. The molecule has 0 unspecified atom stereocenters. The van der Waals surface area contributed by atoms with Crippen molar-refractivity contribution in [1.82, 2.24) is 0 Å². The number of carbonyl (C=O) groups is 2.